The van der Waals surface area contributed by atoms with E-state index in [4.69, 9.17) is 0 Å². The average Bonchev–Trinajstić information content (AvgIpc) is 2.83. The van der Waals surface area contributed by atoms with Crippen LogP contribution in [0.15, 0.2) is 18.2 Å². The van der Waals surface area contributed by atoms with Crippen LogP contribution in [-0.4, -0.2) is 5.11 Å². The minimum atomic E-state index is -4.34. The van der Waals surface area contributed by atoms with Gasteiger partial charge in [0.2, 0.25) is 0 Å². The standard InChI is InChI=1S/C11H11F3O/c1-7-2-3-8(11(12,13)14)6-9(7)10(15)4-5-10/h2-3,6,15H,4-5H2,1H3. The second kappa shape index (κ2) is 2.98. The maximum atomic E-state index is 12.4. The van der Waals surface area contributed by atoms with E-state index in [1.54, 1.807) is 6.92 Å². The molecule has 0 aromatic heterocycles. The van der Waals surface area contributed by atoms with E-state index in [1.807, 2.05) is 0 Å². The monoisotopic (exact) mass is 216 g/mol. The highest BCUT2D eigenvalue weighted by Gasteiger charge is 2.44. The van der Waals surface area contributed by atoms with Crippen LogP contribution in [0.3, 0.4) is 0 Å². The van der Waals surface area contributed by atoms with Gasteiger partial charge >= 0.3 is 6.18 Å². The van der Waals surface area contributed by atoms with E-state index in [0.29, 0.717) is 24.0 Å². The molecule has 0 aliphatic heterocycles. The van der Waals surface area contributed by atoms with E-state index >= 15 is 0 Å². The molecule has 15 heavy (non-hydrogen) atoms. The Morgan fingerprint density at radius 3 is 2.33 bits per heavy atom. The number of aryl methyl sites for hydroxylation is 1. The largest absolute Gasteiger partial charge is 0.416 e. The van der Waals surface area contributed by atoms with Gasteiger partial charge < -0.3 is 5.11 Å². The predicted octanol–water partition coefficient (Wildman–Crippen LogP) is 3.00. The summed E-state index contributed by atoms with van der Waals surface area (Å²) in [4.78, 5) is 0. The molecule has 1 saturated carbocycles. The van der Waals surface area contributed by atoms with Gasteiger partial charge in [0, 0.05) is 0 Å². The van der Waals surface area contributed by atoms with Gasteiger partial charge in [-0.25, -0.2) is 0 Å². The summed E-state index contributed by atoms with van der Waals surface area (Å²) >= 11 is 0. The van der Waals surface area contributed by atoms with Crippen LogP contribution in [0.1, 0.15) is 29.5 Å². The zero-order valence-electron chi connectivity index (χ0n) is 8.23. The van der Waals surface area contributed by atoms with Crippen molar-refractivity contribution < 1.29 is 18.3 Å². The molecule has 0 amide bonds. The van der Waals surface area contributed by atoms with Crippen LogP contribution in [0.2, 0.25) is 0 Å². The van der Waals surface area contributed by atoms with Gasteiger partial charge in [-0.2, -0.15) is 13.2 Å². The first-order valence-electron chi connectivity index (χ1n) is 4.74. The van der Waals surface area contributed by atoms with E-state index in [9.17, 15) is 18.3 Å². The van der Waals surface area contributed by atoms with Crippen molar-refractivity contribution in [2.75, 3.05) is 0 Å². The molecule has 1 fully saturated rings. The number of rotatable bonds is 1. The molecule has 4 heteroatoms. The summed E-state index contributed by atoms with van der Waals surface area (Å²) in [7, 11) is 0. The van der Waals surface area contributed by atoms with Crippen molar-refractivity contribution in [2.45, 2.75) is 31.5 Å². The lowest BCUT2D eigenvalue weighted by Crippen LogP contribution is -2.11. The molecule has 1 N–H and O–H groups in total. The molecule has 82 valence electrons. The van der Waals surface area contributed by atoms with Gasteiger partial charge in [-0.15, -0.1) is 0 Å². The van der Waals surface area contributed by atoms with E-state index in [1.165, 1.54) is 6.07 Å². The summed E-state index contributed by atoms with van der Waals surface area (Å²) in [6, 6.07) is 3.52. The lowest BCUT2D eigenvalue weighted by atomic mass is 9.99. The third-order valence-electron chi connectivity index (χ3n) is 2.79. The first kappa shape index (κ1) is 10.5. The Morgan fingerprint density at radius 1 is 1.27 bits per heavy atom. The highest BCUT2D eigenvalue weighted by Crippen LogP contribution is 2.47. The summed E-state index contributed by atoms with van der Waals surface area (Å²) in [5, 5.41) is 9.80. The molecule has 1 aliphatic rings. The van der Waals surface area contributed by atoms with Crippen molar-refractivity contribution in [1.29, 1.82) is 0 Å². The van der Waals surface area contributed by atoms with Crippen molar-refractivity contribution in [3.05, 3.63) is 34.9 Å². The smallest absolute Gasteiger partial charge is 0.385 e. The molecule has 0 unspecified atom stereocenters. The predicted molar refractivity (Wildman–Crippen MR) is 49.3 cm³/mol. The lowest BCUT2D eigenvalue weighted by molar-refractivity contribution is -0.137. The second-order valence-corrected chi connectivity index (χ2v) is 4.06. The quantitative estimate of drug-likeness (QED) is 0.765. The van der Waals surface area contributed by atoms with Crippen LogP contribution in [-0.2, 0) is 11.8 Å². The summed E-state index contributed by atoms with van der Waals surface area (Å²) in [5.41, 5.74) is -0.575. The van der Waals surface area contributed by atoms with Crippen LogP contribution in [0.25, 0.3) is 0 Å². The number of benzene rings is 1. The summed E-state index contributed by atoms with van der Waals surface area (Å²) < 4.78 is 37.3. The van der Waals surface area contributed by atoms with Crippen LogP contribution in [0.4, 0.5) is 13.2 Å². The van der Waals surface area contributed by atoms with Gasteiger partial charge in [0.25, 0.3) is 0 Å². The van der Waals surface area contributed by atoms with Crippen LogP contribution in [0.5, 0.6) is 0 Å². The SMILES string of the molecule is Cc1ccc(C(F)(F)F)cc1C1(O)CC1. The number of aliphatic hydroxyl groups is 1. The maximum Gasteiger partial charge on any atom is 0.416 e. The molecule has 0 atom stereocenters. The molecule has 1 aliphatic carbocycles. The molecule has 0 bridgehead atoms. The lowest BCUT2D eigenvalue weighted by Gasteiger charge is -2.15. The van der Waals surface area contributed by atoms with E-state index in [0.717, 1.165) is 12.1 Å². The van der Waals surface area contributed by atoms with Crippen molar-refractivity contribution >= 4 is 0 Å². The van der Waals surface area contributed by atoms with Crippen molar-refractivity contribution in [1.82, 2.24) is 0 Å². The first-order valence-corrected chi connectivity index (χ1v) is 4.74. The zero-order valence-corrected chi connectivity index (χ0v) is 8.23. The molecule has 0 spiro atoms. The minimum Gasteiger partial charge on any atom is -0.385 e. The highest BCUT2D eigenvalue weighted by molar-refractivity contribution is 5.39. The molecule has 1 aromatic carbocycles. The average molecular weight is 216 g/mol. The van der Waals surface area contributed by atoms with E-state index in [2.05, 4.69) is 0 Å². The summed E-state index contributed by atoms with van der Waals surface area (Å²) in [6.45, 7) is 1.71. The Morgan fingerprint density at radius 2 is 1.87 bits per heavy atom. The molecule has 0 radical (unpaired) electrons. The van der Waals surface area contributed by atoms with Crippen molar-refractivity contribution in [2.24, 2.45) is 0 Å². The third kappa shape index (κ3) is 1.86. The molecule has 2 rings (SSSR count). The highest BCUT2D eigenvalue weighted by atomic mass is 19.4. The fourth-order valence-electron chi connectivity index (χ4n) is 1.69. The van der Waals surface area contributed by atoms with Gasteiger partial charge in [0.15, 0.2) is 0 Å². The molecule has 1 nitrogen and oxygen atoms in total. The fraction of sp³-hybridized carbons (Fsp3) is 0.455. The Kier molecular flexibility index (Phi) is 2.08. The fourth-order valence-corrected chi connectivity index (χ4v) is 1.69. The summed E-state index contributed by atoms with van der Waals surface area (Å²) in [6.07, 6.45) is -3.24. The van der Waals surface area contributed by atoms with Gasteiger partial charge in [0.1, 0.15) is 0 Å². The first-order chi connectivity index (χ1) is 6.83. The van der Waals surface area contributed by atoms with Crippen molar-refractivity contribution in [3.63, 3.8) is 0 Å². The van der Waals surface area contributed by atoms with E-state index in [-0.39, 0.29) is 0 Å². The Balaban J connectivity index is 2.47. The third-order valence-corrected chi connectivity index (χ3v) is 2.79. The Bertz CT molecular complexity index is 391. The molecule has 0 heterocycles. The Labute approximate surface area is 85.5 Å². The van der Waals surface area contributed by atoms with Crippen molar-refractivity contribution in [3.8, 4) is 0 Å². The number of alkyl halides is 3. The minimum absolute atomic E-state index is 0.414. The van der Waals surface area contributed by atoms with Gasteiger partial charge in [-0.1, -0.05) is 6.07 Å². The molecular weight excluding hydrogens is 205 g/mol. The van der Waals surface area contributed by atoms with Crippen LogP contribution >= 0.6 is 0 Å². The van der Waals surface area contributed by atoms with Gasteiger partial charge in [0.05, 0.1) is 11.2 Å². The molecule has 1 aromatic rings. The Hall–Kier alpha value is -1.03. The number of hydrogen-bond acceptors (Lipinski definition) is 1. The number of hydrogen-bond donors (Lipinski definition) is 1. The van der Waals surface area contributed by atoms with E-state index < -0.39 is 17.3 Å². The van der Waals surface area contributed by atoms with Crippen LogP contribution in [0, 0.1) is 6.92 Å². The second-order valence-electron chi connectivity index (χ2n) is 4.06. The zero-order chi connectivity index (χ0) is 11.3. The van der Waals surface area contributed by atoms with Gasteiger partial charge in [-0.05, 0) is 43.0 Å². The van der Waals surface area contributed by atoms with Gasteiger partial charge in [-0.3, -0.25) is 0 Å². The normalized spacial score (nSPS) is 19.0. The molecule has 0 saturated heterocycles. The van der Waals surface area contributed by atoms with Crippen LogP contribution < -0.4 is 0 Å². The maximum absolute atomic E-state index is 12.4. The molecular formula is C11H11F3O. The topological polar surface area (TPSA) is 20.2 Å². The summed E-state index contributed by atoms with van der Waals surface area (Å²) in [5.74, 6) is 0. The number of halogens is 3.